The zero-order valence-corrected chi connectivity index (χ0v) is 18.2. The van der Waals surface area contributed by atoms with Gasteiger partial charge in [-0.05, 0) is 55.7 Å². The molecule has 7 nitrogen and oxygen atoms in total. The van der Waals surface area contributed by atoms with Crippen molar-refractivity contribution in [1.82, 2.24) is 14.9 Å². The van der Waals surface area contributed by atoms with E-state index in [0.717, 1.165) is 41.5 Å². The van der Waals surface area contributed by atoms with E-state index >= 15 is 0 Å². The average Bonchev–Trinajstić information content (AvgIpc) is 2.82. The maximum atomic E-state index is 12.0. The second-order valence-corrected chi connectivity index (χ2v) is 7.94. The van der Waals surface area contributed by atoms with Crippen molar-refractivity contribution < 1.29 is 9.53 Å². The molecule has 0 unspecified atom stereocenters. The fourth-order valence-corrected chi connectivity index (χ4v) is 3.72. The highest BCUT2D eigenvalue weighted by Crippen LogP contribution is 2.25. The van der Waals surface area contributed by atoms with E-state index in [1.54, 1.807) is 31.1 Å². The summed E-state index contributed by atoms with van der Waals surface area (Å²) in [4.78, 5) is 25.4. The number of nitrogens with one attached hydrogen (secondary N) is 1. The highest BCUT2D eigenvalue weighted by molar-refractivity contribution is 5.94. The van der Waals surface area contributed by atoms with Gasteiger partial charge in [0.05, 0.1) is 12.1 Å². The molecular weight excluding hydrogens is 390 g/mol. The van der Waals surface area contributed by atoms with Gasteiger partial charge in [-0.2, -0.15) is 4.98 Å². The van der Waals surface area contributed by atoms with Crippen LogP contribution in [-0.2, 0) is 0 Å². The van der Waals surface area contributed by atoms with Gasteiger partial charge in [-0.1, -0.05) is 12.1 Å². The van der Waals surface area contributed by atoms with Crippen LogP contribution < -0.4 is 15.0 Å². The Morgan fingerprint density at radius 1 is 1.03 bits per heavy atom. The summed E-state index contributed by atoms with van der Waals surface area (Å²) in [5, 5.41) is 4.43. The Labute approximate surface area is 183 Å². The predicted octanol–water partition coefficient (Wildman–Crippen LogP) is 3.81. The molecule has 0 bridgehead atoms. The largest absolute Gasteiger partial charge is 0.492 e. The number of hydrogen-bond acceptors (Lipinski definition) is 6. The topological polar surface area (TPSA) is 70.6 Å². The Bertz CT molecular complexity index is 1030. The summed E-state index contributed by atoms with van der Waals surface area (Å²) in [6.07, 6.45) is 3.65. The van der Waals surface area contributed by atoms with Crippen LogP contribution in [0.1, 0.15) is 29.6 Å². The lowest BCUT2D eigenvalue weighted by molar-refractivity contribution is 0.0827. The highest BCUT2D eigenvalue weighted by Gasteiger charge is 2.16. The summed E-state index contributed by atoms with van der Waals surface area (Å²) in [5.41, 5.74) is 1.59. The Balaban J connectivity index is 1.40. The summed E-state index contributed by atoms with van der Waals surface area (Å²) in [5.74, 6) is 2.34. The summed E-state index contributed by atoms with van der Waals surface area (Å²) < 4.78 is 5.84. The van der Waals surface area contributed by atoms with Crippen LogP contribution in [-0.4, -0.2) is 61.1 Å². The molecule has 1 aromatic heterocycles. The number of hydrogen-bond donors (Lipinski definition) is 1. The summed E-state index contributed by atoms with van der Waals surface area (Å²) >= 11 is 0. The zero-order valence-electron chi connectivity index (χ0n) is 18.2. The first kappa shape index (κ1) is 20.9. The first-order chi connectivity index (χ1) is 15.1. The van der Waals surface area contributed by atoms with Crippen LogP contribution in [0.15, 0.2) is 48.5 Å². The second kappa shape index (κ2) is 9.64. The molecule has 2 heterocycles. The fourth-order valence-electron chi connectivity index (χ4n) is 3.72. The number of ether oxygens (including phenoxy) is 1. The van der Waals surface area contributed by atoms with Crippen molar-refractivity contribution in [2.75, 3.05) is 50.6 Å². The monoisotopic (exact) mass is 419 g/mol. The normalized spacial score (nSPS) is 13.8. The van der Waals surface area contributed by atoms with Gasteiger partial charge >= 0.3 is 0 Å². The molecule has 0 atom stereocenters. The number of aromatic nitrogens is 2. The van der Waals surface area contributed by atoms with Crippen LogP contribution in [0.4, 0.5) is 11.8 Å². The van der Waals surface area contributed by atoms with Gasteiger partial charge in [-0.25, -0.2) is 4.98 Å². The second-order valence-electron chi connectivity index (χ2n) is 7.94. The SMILES string of the molecule is CN(C)C(=O)c1ccc(OCCNc2nc(N3CCCCC3)nc3ccccc23)cc1. The lowest BCUT2D eigenvalue weighted by Gasteiger charge is -2.27. The van der Waals surface area contributed by atoms with Crippen LogP contribution in [0.3, 0.4) is 0 Å². The van der Waals surface area contributed by atoms with Crippen LogP contribution >= 0.6 is 0 Å². The molecule has 1 saturated heterocycles. The summed E-state index contributed by atoms with van der Waals surface area (Å²) in [6, 6.07) is 15.3. The number of para-hydroxylation sites is 1. The molecule has 0 saturated carbocycles. The highest BCUT2D eigenvalue weighted by atomic mass is 16.5. The number of carbonyl (C=O) groups is 1. The molecule has 1 amide bonds. The van der Waals surface area contributed by atoms with Gasteiger partial charge in [-0.15, -0.1) is 0 Å². The molecule has 4 rings (SSSR count). The molecule has 0 aliphatic carbocycles. The molecule has 1 aliphatic rings. The minimum Gasteiger partial charge on any atom is -0.492 e. The molecule has 0 radical (unpaired) electrons. The third-order valence-electron chi connectivity index (χ3n) is 5.40. The van der Waals surface area contributed by atoms with Gasteiger partial charge in [-0.3, -0.25) is 4.79 Å². The molecule has 1 aliphatic heterocycles. The molecule has 31 heavy (non-hydrogen) atoms. The third kappa shape index (κ3) is 5.05. The smallest absolute Gasteiger partial charge is 0.253 e. The van der Waals surface area contributed by atoms with E-state index < -0.39 is 0 Å². The van der Waals surface area contributed by atoms with E-state index in [4.69, 9.17) is 14.7 Å². The lowest BCUT2D eigenvalue weighted by atomic mass is 10.1. The van der Waals surface area contributed by atoms with E-state index in [1.807, 2.05) is 36.4 Å². The maximum Gasteiger partial charge on any atom is 0.253 e. The number of benzene rings is 2. The van der Waals surface area contributed by atoms with Crippen molar-refractivity contribution in [3.63, 3.8) is 0 Å². The fraction of sp³-hybridized carbons (Fsp3) is 0.375. The van der Waals surface area contributed by atoms with Crippen molar-refractivity contribution in [1.29, 1.82) is 0 Å². The molecular formula is C24H29N5O2. The van der Waals surface area contributed by atoms with Gasteiger partial charge in [0, 0.05) is 38.1 Å². The average molecular weight is 420 g/mol. The standard InChI is InChI=1S/C24H29N5O2/c1-28(2)23(30)18-10-12-19(13-11-18)31-17-14-25-22-20-8-4-5-9-21(20)26-24(27-22)29-15-6-3-7-16-29/h4-5,8-13H,3,6-7,14-17H2,1-2H3,(H,25,26,27). The van der Waals surface area contributed by atoms with Gasteiger partial charge in [0.1, 0.15) is 18.2 Å². The van der Waals surface area contributed by atoms with Crippen molar-refractivity contribution in [3.8, 4) is 5.75 Å². The number of amides is 1. The molecule has 1 fully saturated rings. The van der Waals surface area contributed by atoms with Crippen LogP contribution in [0, 0.1) is 0 Å². The quantitative estimate of drug-likeness (QED) is 0.587. The Morgan fingerprint density at radius 2 is 1.77 bits per heavy atom. The molecule has 2 aromatic carbocycles. The lowest BCUT2D eigenvalue weighted by Crippen LogP contribution is -2.31. The number of rotatable bonds is 7. The number of fused-ring (bicyclic) bond motifs is 1. The predicted molar refractivity (Wildman–Crippen MR) is 124 cm³/mol. The van der Waals surface area contributed by atoms with Gasteiger partial charge in [0.15, 0.2) is 0 Å². The Morgan fingerprint density at radius 3 is 2.52 bits per heavy atom. The van der Waals surface area contributed by atoms with E-state index in [-0.39, 0.29) is 5.91 Å². The first-order valence-corrected chi connectivity index (χ1v) is 10.8. The van der Waals surface area contributed by atoms with Crippen LogP contribution in [0.2, 0.25) is 0 Å². The minimum absolute atomic E-state index is 0.0200. The van der Waals surface area contributed by atoms with E-state index in [9.17, 15) is 4.79 Å². The molecule has 0 spiro atoms. The maximum absolute atomic E-state index is 12.0. The van der Waals surface area contributed by atoms with Crippen molar-refractivity contribution >= 4 is 28.6 Å². The van der Waals surface area contributed by atoms with E-state index in [0.29, 0.717) is 18.7 Å². The number of carbonyl (C=O) groups excluding carboxylic acids is 1. The van der Waals surface area contributed by atoms with Crippen LogP contribution in [0.25, 0.3) is 10.9 Å². The Hall–Kier alpha value is -3.35. The Kier molecular flexibility index (Phi) is 6.50. The summed E-state index contributed by atoms with van der Waals surface area (Å²) in [7, 11) is 3.48. The summed E-state index contributed by atoms with van der Waals surface area (Å²) in [6.45, 7) is 3.11. The third-order valence-corrected chi connectivity index (χ3v) is 5.40. The number of anilines is 2. The van der Waals surface area contributed by atoms with Crippen molar-refractivity contribution in [2.45, 2.75) is 19.3 Å². The van der Waals surface area contributed by atoms with Gasteiger partial charge in [0.2, 0.25) is 5.95 Å². The molecule has 7 heteroatoms. The van der Waals surface area contributed by atoms with Gasteiger partial charge in [0.25, 0.3) is 5.91 Å². The molecule has 1 N–H and O–H groups in total. The zero-order chi connectivity index (χ0) is 21.6. The van der Waals surface area contributed by atoms with Gasteiger partial charge < -0.3 is 19.9 Å². The minimum atomic E-state index is -0.0200. The first-order valence-electron chi connectivity index (χ1n) is 10.8. The van der Waals surface area contributed by atoms with E-state index in [1.165, 1.54) is 19.3 Å². The molecule has 3 aromatic rings. The molecule has 162 valence electrons. The van der Waals surface area contributed by atoms with E-state index in [2.05, 4.69) is 10.2 Å². The van der Waals surface area contributed by atoms with Crippen molar-refractivity contribution in [2.24, 2.45) is 0 Å². The number of piperidine rings is 1. The van der Waals surface area contributed by atoms with Crippen molar-refractivity contribution in [3.05, 3.63) is 54.1 Å². The van der Waals surface area contributed by atoms with Crippen LogP contribution in [0.5, 0.6) is 5.75 Å². The number of nitrogens with zero attached hydrogens (tertiary/aromatic N) is 4.